The summed E-state index contributed by atoms with van der Waals surface area (Å²) in [6, 6.07) is 1.81. The molecule has 0 amide bonds. The molecule has 0 bridgehead atoms. The van der Waals surface area contributed by atoms with Crippen LogP contribution in [0.2, 0.25) is 0 Å². The van der Waals surface area contributed by atoms with Crippen LogP contribution in [0.15, 0.2) is 0 Å². The molecular weight excluding hydrogens is 670 g/mol. The van der Waals surface area contributed by atoms with Crippen LogP contribution in [-0.2, 0) is 0 Å². The van der Waals surface area contributed by atoms with E-state index in [1.807, 2.05) is 0 Å². The van der Waals surface area contributed by atoms with Gasteiger partial charge in [-0.1, -0.05) is 0 Å². The van der Waals surface area contributed by atoms with Crippen molar-refractivity contribution in [3.8, 4) is 0 Å². The highest BCUT2D eigenvalue weighted by atomic mass is 127. The maximum atomic E-state index is 2.46. The lowest BCUT2D eigenvalue weighted by Crippen LogP contribution is -3.00. The van der Waals surface area contributed by atoms with E-state index >= 15 is 0 Å². The van der Waals surface area contributed by atoms with Crippen LogP contribution < -0.4 is 48.0 Å². The van der Waals surface area contributed by atoms with Crippen molar-refractivity contribution in [2.24, 2.45) is 0 Å². The van der Waals surface area contributed by atoms with E-state index in [0.717, 1.165) is 21.0 Å². The number of nitrogens with zero attached hydrogens (tertiary/aromatic N) is 4. The van der Waals surface area contributed by atoms with Gasteiger partial charge >= 0.3 is 0 Å². The summed E-state index contributed by atoms with van der Waals surface area (Å²) >= 11 is 0. The molecule has 0 aromatic rings. The summed E-state index contributed by atoms with van der Waals surface area (Å²) in [6.07, 6.45) is 17.1. The van der Waals surface area contributed by atoms with Gasteiger partial charge in [0.05, 0.1) is 108 Å². The first kappa shape index (κ1) is 39.4. The van der Waals surface area contributed by atoms with Gasteiger partial charge in [-0.15, -0.1) is 0 Å². The molecule has 0 spiro atoms. The Labute approximate surface area is 262 Å². The minimum Gasteiger partial charge on any atom is -1.00 e. The third kappa shape index (κ3) is 17.1. The van der Waals surface area contributed by atoms with Gasteiger partial charge in [0.25, 0.3) is 0 Å². The van der Waals surface area contributed by atoms with Crippen LogP contribution in [0.3, 0.4) is 0 Å². The van der Waals surface area contributed by atoms with Crippen LogP contribution in [0.5, 0.6) is 0 Å². The van der Waals surface area contributed by atoms with E-state index < -0.39 is 0 Å². The highest BCUT2D eigenvalue weighted by Gasteiger charge is 2.34. The second kappa shape index (κ2) is 18.6. The SMILES string of the molecule is CC1CCC[N+]1(C)CCCCCC[N+](C)(C)C.CC1CCC[N+]1(C)CCCCCC[N+](C)(C)C.[I-].[I-]. The van der Waals surface area contributed by atoms with Gasteiger partial charge in [-0.05, 0) is 65.2 Å². The number of halogens is 2. The maximum absolute atomic E-state index is 2.46. The first-order chi connectivity index (χ1) is 15.7. The molecule has 2 saturated heterocycles. The Hall–Kier alpha value is 1.30. The predicted octanol–water partition coefficient (Wildman–Crippen LogP) is -0.228. The lowest BCUT2D eigenvalue weighted by atomic mass is 10.1. The van der Waals surface area contributed by atoms with Gasteiger partial charge in [0.2, 0.25) is 0 Å². The van der Waals surface area contributed by atoms with Gasteiger partial charge in [-0.2, -0.15) is 0 Å². The lowest BCUT2D eigenvalue weighted by molar-refractivity contribution is -0.919. The topological polar surface area (TPSA) is 0 Å². The monoisotopic (exact) mass is 738 g/mol. The van der Waals surface area contributed by atoms with Gasteiger partial charge in [-0.3, -0.25) is 0 Å². The van der Waals surface area contributed by atoms with Crippen LogP contribution >= 0.6 is 0 Å². The maximum Gasteiger partial charge on any atom is 0.0861 e. The summed E-state index contributed by atoms with van der Waals surface area (Å²) in [7, 11) is 18.7. The molecule has 0 radical (unpaired) electrons. The predicted molar refractivity (Wildman–Crippen MR) is 152 cm³/mol. The van der Waals surface area contributed by atoms with Gasteiger partial charge in [0.1, 0.15) is 0 Å². The molecule has 2 rings (SSSR count). The fourth-order valence-corrected chi connectivity index (χ4v) is 6.05. The second-order valence-electron chi connectivity index (χ2n) is 14.7. The third-order valence-electron chi connectivity index (χ3n) is 9.21. The summed E-state index contributed by atoms with van der Waals surface area (Å²) in [6.45, 7) is 13.2. The molecule has 2 heterocycles. The van der Waals surface area contributed by atoms with E-state index in [4.69, 9.17) is 0 Å². The Balaban J connectivity index is 0. The molecule has 4 unspecified atom stereocenters. The molecule has 0 aromatic carbocycles. The van der Waals surface area contributed by atoms with E-state index in [-0.39, 0.29) is 48.0 Å². The Morgan fingerprint density at radius 1 is 0.528 bits per heavy atom. The molecule has 2 fully saturated rings. The van der Waals surface area contributed by atoms with Crippen molar-refractivity contribution < 1.29 is 65.9 Å². The molecule has 0 aliphatic carbocycles. The molecule has 6 heteroatoms. The van der Waals surface area contributed by atoms with Gasteiger partial charge < -0.3 is 65.9 Å². The summed E-state index contributed by atoms with van der Waals surface area (Å²) in [5.74, 6) is 0. The Morgan fingerprint density at radius 2 is 0.833 bits per heavy atom. The fourth-order valence-electron chi connectivity index (χ4n) is 6.05. The molecule has 4 atom stereocenters. The van der Waals surface area contributed by atoms with Crippen molar-refractivity contribution in [1.29, 1.82) is 0 Å². The number of hydrogen-bond acceptors (Lipinski definition) is 0. The number of quaternary nitrogens is 4. The van der Waals surface area contributed by atoms with Gasteiger partial charge in [0, 0.05) is 25.7 Å². The number of unbranched alkanes of at least 4 members (excludes halogenated alkanes) is 6. The first-order valence-electron chi connectivity index (χ1n) is 15.0. The van der Waals surface area contributed by atoms with Crippen LogP contribution in [0.25, 0.3) is 0 Å². The quantitative estimate of drug-likeness (QED) is 0.132. The summed E-state index contributed by atoms with van der Waals surface area (Å²) < 4.78 is 4.92. The average molecular weight is 739 g/mol. The smallest absolute Gasteiger partial charge is 0.0861 e. The number of rotatable bonds is 14. The van der Waals surface area contributed by atoms with Crippen molar-refractivity contribution in [3.05, 3.63) is 0 Å². The fraction of sp³-hybridized carbons (Fsp3) is 1.00. The van der Waals surface area contributed by atoms with Crippen LogP contribution in [-0.4, -0.2) is 126 Å². The largest absolute Gasteiger partial charge is 1.00 e. The molecule has 220 valence electrons. The summed E-state index contributed by atoms with van der Waals surface area (Å²) in [5, 5.41) is 0. The zero-order chi connectivity index (χ0) is 25.9. The van der Waals surface area contributed by atoms with Crippen molar-refractivity contribution >= 4 is 0 Å². The molecule has 4 nitrogen and oxygen atoms in total. The zero-order valence-electron chi connectivity index (χ0n) is 26.4. The van der Waals surface area contributed by atoms with E-state index in [1.165, 1.54) is 125 Å². The normalized spacial score (nSPS) is 28.2. The molecule has 36 heavy (non-hydrogen) atoms. The number of likely N-dealkylation sites (tertiary alicyclic amines) is 2. The molecular formula is C30H68I2N4+2. The van der Waals surface area contributed by atoms with Crippen molar-refractivity contribution in [2.75, 3.05) is 95.6 Å². The average Bonchev–Trinajstić information content (AvgIpc) is 3.22. The Kier molecular flexibility index (Phi) is 20.4. The number of hydrogen-bond donors (Lipinski definition) is 0. The minimum atomic E-state index is 0. The van der Waals surface area contributed by atoms with Crippen molar-refractivity contribution in [1.82, 2.24) is 0 Å². The summed E-state index contributed by atoms with van der Waals surface area (Å²) in [4.78, 5) is 0. The van der Waals surface area contributed by atoms with Crippen LogP contribution in [0.1, 0.15) is 90.9 Å². The minimum absolute atomic E-state index is 0. The lowest BCUT2D eigenvalue weighted by Gasteiger charge is -2.34. The van der Waals surface area contributed by atoms with E-state index in [2.05, 4.69) is 70.2 Å². The highest BCUT2D eigenvalue weighted by molar-refractivity contribution is 4.63. The first-order valence-corrected chi connectivity index (χ1v) is 15.0. The highest BCUT2D eigenvalue weighted by Crippen LogP contribution is 2.26. The van der Waals surface area contributed by atoms with Crippen molar-refractivity contribution in [3.63, 3.8) is 0 Å². The molecule has 2 aliphatic rings. The van der Waals surface area contributed by atoms with E-state index in [1.54, 1.807) is 0 Å². The molecule has 0 N–H and O–H groups in total. The Bertz CT molecular complexity index is 498. The van der Waals surface area contributed by atoms with Gasteiger partial charge in [0.15, 0.2) is 0 Å². The van der Waals surface area contributed by atoms with E-state index in [9.17, 15) is 0 Å². The second-order valence-corrected chi connectivity index (χ2v) is 14.7. The molecule has 2 aliphatic heterocycles. The third-order valence-corrected chi connectivity index (χ3v) is 9.21. The zero-order valence-corrected chi connectivity index (χ0v) is 30.7. The molecule has 0 aromatic heterocycles. The van der Waals surface area contributed by atoms with Gasteiger partial charge in [-0.25, -0.2) is 0 Å². The van der Waals surface area contributed by atoms with Crippen LogP contribution in [0, 0.1) is 0 Å². The van der Waals surface area contributed by atoms with Crippen LogP contribution in [0.4, 0.5) is 0 Å². The van der Waals surface area contributed by atoms with E-state index in [0.29, 0.717) is 0 Å². The van der Waals surface area contributed by atoms with Crippen molar-refractivity contribution in [2.45, 2.75) is 103 Å². The molecule has 0 saturated carbocycles. The summed E-state index contributed by atoms with van der Waals surface area (Å²) in [5.41, 5.74) is 0. The Morgan fingerprint density at radius 3 is 1.08 bits per heavy atom. The standard InChI is InChI=1S/2C15H34N2.2HI/c2*1-15-11-10-14-17(15,5)13-9-7-6-8-12-16(2,3)4;;/h2*15H,6-14H2,1-5H3;2*1H/q2*+2;;/p-2.